The molecule has 0 aromatic carbocycles. The van der Waals surface area contributed by atoms with Gasteiger partial charge in [-0.05, 0) is 13.3 Å². The normalized spacial score (nSPS) is 11.0. The van der Waals surface area contributed by atoms with Crippen molar-refractivity contribution in [2.45, 2.75) is 155 Å². The number of carbonyl (C=O) groups is 1. The van der Waals surface area contributed by atoms with Crippen LogP contribution < -0.4 is 0 Å². The molecule has 0 rings (SSSR count). The molecule has 0 heterocycles. The van der Waals surface area contributed by atoms with Crippen LogP contribution in [0.1, 0.15) is 155 Å². The van der Waals surface area contributed by atoms with Crippen molar-refractivity contribution >= 4 is 6.16 Å². The Morgan fingerprint density at radius 2 is 0.733 bits per heavy atom. The van der Waals surface area contributed by atoms with Gasteiger partial charge >= 0.3 is 6.16 Å². The highest BCUT2D eigenvalue weighted by Crippen LogP contribution is 2.15. The average Bonchev–Trinajstić information content (AvgIpc) is 2.74. The number of unbranched alkanes of at least 4 members (excludes halogenated alkanes) is 21. The van der Waals surface area contributed by atoms with Crippen LogP contribution in [0.4, 0.5) is 4.79 Å². The number of ether oxygens (including phenoxy) is 2. The third-order valence-corrected chi connectivity index (χ3v) is 5.98. The summed E-state index contributed by atoms with van der Waals surface area (Å²) >= 11 is 0. The predicted molar refractivity (Wildman–Crippen MR) is 130 cm³/mol. The minimum absolute atomic E-state index is 0.387. The maximum Gasteiger partial charge on any atom is 0.508 e. The van der Waals surface area contributed by atoms with Gasteiger partial charge in [0, 0.05) is 0 Å². The highest BCUT2D eigenvalue weighted by molar-refractivity contribution is 5.59. The third kappa shape index (κ3) is 25.3. The molecule has 0 atom stereocenters. The maximum absolute atomic E-state index is 11.0. The summed E-state index contributed by atoms with van der Waals surface area (Å²) in [7, 11) is 0. The van der Waals surface area contributed by atoms with Gasteiger partial charge in [0.05, 0.1) is 13.2 Å². The Bertz CT molecular complexity index is 330. The van der Waals surface area contributed by atoms with E-state index < -0.39 is 6.16 Å². The summed E-state index contributed by atoms with van der Waals surface area (Å²) < 4.78 is 9.70. The second-order valence-corrected chi connectivity index (χ2v) is 8.96. The van der Waals surface area contributed by atoms with E-state index in [0.29, 0.717) is 13.2 Å². The minimum atomic E-state index is -0.527. The summed E-state index contributed by atoms with van der Waals surface area (Å²) in [5.74, 6) is 0. The predicted octanol–water partition coefficient (Wildman–Crippen LogP) is 9.76. The van der Waals surface area contributed by atoms with Crippen LogP contribution in [0.2, 0.25) is 0 Å². The van der Waals surface area contributed by atoms with Crippen LogP contribution in [-0.4, -0.2) is 19.4 Å². The quantitative estimate of drug-likeness (QED) is 0.114. The monoisotopic (exact) mass is 426 g/mol. The van der Waals surface area contributed by atoms with Crippen LogP contribution in [-0.2, 0) is 9.47 Å². The molecule has 30 heavy (non-hydrogen) atoms. The smallest absolute Gasteiger partial charge is 0.435 e. The Balaban J connectivity index is 3.03. The molecule has 0 radical (unpaired) electrons. The summed E-state index contributed by atoms with van der Waals surface area (Å²) in [5.41, 5.74) is 0. The second-order valence-electron chi connectivity index (χ2n) is 8.96. The molecule has 0 aromatic heterocycles. The van der Waals surface area contributed by atoms with E-state index >= 15 is 0 Å². The summed E-state index contributed by atoms with van der Waals surface area (Å²) in [5, 5.41) is 0. The van der Waals surface area contributed by atoms with Gasteiger partial charge in [0.1, 0.15) is 0 Å². The first-order chi connectivity index (χ1) is 14.8. The largest absolute Gasteiger partial charge is 0.508 e. The van der Waals surface area contributed by atoms with Crippen molar-refractivity contribution in [3.63, 3.8) is 0 Å². The summed E-state index contributed by atoms with van der Waals surface area (Å²) in [6, 6.07) is 0. The molecule has 0 unspecified atom stereocenters. The van der Waals surface area contributed by atoms with E-state index in [0.717, 1.165) is 12.8 Å². The Morgan fingerprint density at radius 1 is 0.433 bits per heavy atom. The van der Waals surface area contributed by atoms with E-state index in [4.69, 9.17) is 9.47 Å². The van der Waals surface area contributed by atoms with Gasteiger partial charge in [-0.15, -0.1) is 0 Å². The van der Waals surface area contributed by atoms with E-state index in [1.54, 1.807) is 6.92 Å². The number of carbonyl (C=O) groups excluding carboxylic acids is 1. The Morgan fingerprint density at radius 3 is 1.03 bits per heavy atom. The van der Waals surface area contributed by atoms with Crippen LogP contribution in [0.3, 0.4) is 0 Å². The molecule has 0 bridgehead atoms. The highest BCUT2D eigenvalue weighted by atomic mass is 16.7. The van der Waals surface area contributed by atoms with Crippen molar-refractivity contribution in [2.75, 3.05) is 13.2 Å². The van der Waals surface area contributed by atoms with Crippen LogP contribution in [0.15, 0.2) is 0 Å². The lowest BCUT2D eigenvalue weighted by atomic mass is 10.0. The van der Waals surface area contributed by atoms with Crippen molar-refractivity contribution in [2.24, 2.45) is 0 Å². The van der Waals surface area contributed by atoms with Crippen molar-refractivity contribution in [1.82, 2.24) is 0 Å². The molecule has 0 aliphatic heterocycles. The standard InChI is InChI=1S/C27H54O3/c1-3-5-6-7-8-9-10-11-12-13-14-15-16-17-18-19-20-21-22-23-24-25-26-30-27(28)29-4-2/h3-26H2,1-2H3. The minimum Gasteiger partial charge on any atom is -0.435 e. The van der Waals surface area contributed by atoms with Crippen LogP contribution >= 0.6 is 0 Å². The number of rotatable bonds is 24. The van der Waals surface area contributed by atoms with E-state index in [1.807, 2.05) is 0 Å². The first-order valence-corrected chi connectivity index (χ1v) is 13.6. The molecule has 0 aliphatic carbocycles. The van der Waals surface area contributed by atoms with Crippen LogP contribution in [0.25, 0.3) is 0 Å². The van der Waals surface area contributed by atoms with Crippen LogP contribution in [0.5, 0.6) is 0 Å². The van der Waals surface area contributed by atoms with Crippen molar-refractivity contribution in [1.29, 1.82) is 0 Å². The van der Waals surface area contributed by atoms with Gasteiger partial charge in [-0.2, -0.15) is 0 Å². The van der Waals surface area contributed by atoms with E-state index in [1.165, 1.54) is 128 Å². The molecule has 0 aromatic rings. The molecule has 0 N–H and O–H groups in total. The molecule has 0 fully saturated rings. The Kier molecular flexibility index (Phi) is 25.7. The first kappa shape index (κ1) is 29.3. The molecule has 3 heteroatoms. The molecule has 0 saturated heterocycles. The van der Waals surface area contributed by atoms with Gasteiger partial charge in [0.25, 0.3) is 0 Å². The van der Waals surface area contributed by atoms with E-state index in [2.05, 4.69) is 6.92 Å². The lowest BCUT2D eigenvalue weighted by molar-refractivity contribution is 0.0578. The lowest BCUT2D eigenvalue weighted by Crippen LogP contribution is -2.07. The Hall–Kier alpha value is -0.730. The topological polar surface area (TPSA) is 35.5 Å². The zero-order valence-corrected chi connectivity index (χ0v) is 20.7. The fourth-order valence-corrected chi connectivity index (χ4v) is 4.03. The second kappa shape index (κ2) is 26.3. The van der Waals surface area contributed by atoms with E-state index in [9.17, 15) is 4.79 Å². The zero-order chi connectivity index (χ0) is 22.0. The van der Waals surface area contributed by atoms with Crippen molar-refractivity contribution < 1.29 is 14.3 Å². The molecular formula is C27H54O3. The van der Waals surface area contributed by atoms with Gasteiger partial charge in [-0.3, -0.25) is 0 Å². The molecule has 0 amide bonds. The molecule has 3 nitrogen and oxygen atoms in total. The zero-order valence-electron chi connectivity index (χ0n) is 20.7. The highest BCUT2D eigenvalue weighted by Gasteiger charge is 2.00. The molecule has 180 valence electrons. The third-order valence-electron chi connectivity index (χ3n) is 5.98. The fraction of sp³-hybridized carbons (Fsp3) is 0.963. The average molecular weight is 427 g/mol. The summed E-state index contributed by atoms with van der Waals surface area (Å²) in [6.45, 7) is 4.97. The van der Waals surface area contributed by atoms with Gasteiger partial charge in [-0.1, -0.05) is 142 Å². The van der Waals surface area contributed by atoms with Gasteiger partial charge < -0.3 is 9.47 Å². The van der Waals surface area contributed by atoms with Gasteiger partial charge in [0.15, 0.2) is 0 Å². The SMILES string of the molecule is CCCCCCCCCCCCCCCCCCCCCCCCOC(=O)OCC. The molecule has 0 saturated carbocycles. The van der Waals surface area contributed by atoms with E-state index in [-0.39, 0.29) is 0 Å². The van der Waals surface area contributed by atoms with Crippen molar-refractivity contribution in [3.8, 4) is 0 Å². The number of hydrogen-bond donors (Lipinski definition) is 0. The molecule has 0 aliphatic rings. The summed E-state index contributed by atoms with van der Waals surface area (Å²) in [6.07, 6.45) is 30.0. The molecular weight excluding hydrogens is 372 g/mol. The maximum atomic E-state index is 11.0. The van der Waals surface area contributed by atoms with Crippen molar-refractivity contribution in [3.05, 3.63) is 0 Å². The van der Waals surface area contributed by atoms with Gasteiger partial charge in [0.2, 0.25) is 0 Å². The first-order valence-electron chi connectivity index (χ1n) is 13.6. The number of hydrogen-bond acceptors (Lipinski definition) is 3. The van der Waals surface area contributed by atoms with Crippen LogP contribution in [0, 0.1) is 0 Å². The summed E-state index contributed by atoms with van der Waals surface area (Å²) in [4.78, 5) is 11.0. The lowest BCUT2D eigenvalue weighted by Gasteiger charge is -2.05. The Labute approximate surface area is 189 Å². The van der Waals surface area contributed by atoms with Gasteiger partial charge in [-0.25, -0.2) is 4.79 Å². The molecule has 0 spiro atoms. The fourth-order valence-electron chi connectivity index (χ4n) is 4.03.